The fraction of sp³-hybridized carbons (Fsp3) is 0.240. The van der Waals surface area contributed by atoms with Crippen molar-refractivity contribution < 1.29 is 9.53 Å². The molecular weight excluding hydrogens is 382 g/mol. The minimum atomic E-state index is -1.21. The lowest BCUT2D eigenvalue weighted by Crippen LogP contribution is -2.44. The van der Waals surface area contributed by atoms with Crippen molar-refractivity contribution in [3.05, 3.63) is 106 Å². The van der Waals surface area contributed by atoms with Crippen LogP contribution in [0.3, 0.4) is 0 Å². The van der Waals surface area contributed by atoms with Crippen LogP contribution in [0, 0.1) is 12.8 Å². The highest BCUT2D eigenvalue weighted by Crippen LogP contribution is 2.43. The number of benzene rings is 3. The van der Waals surface area contributed by atoms with Crippen LogP contribution in [0.15, 0.2) is 78.9 Å². The van der Waals surface area contributed by atoms with E-state index in [1.54, 1.807) is 6.07 Å². The van der Waals surface area contributed by atoms with Crippen molar-refractivity contribution in [2.75, 3.05) is 0 Å². The summed E-state index contributed by atoms with van der Waals surface area (Å²) in [5.74, 6) is -0.524. The van der Waals surface area contributed by atoms with Crippen molar-refractivity contribution in [2.45, 2.75) is 32.4 Å². The van der Waals surface area contributed by atoms with Crippen molar-refractivity contribution in [2.24, 2.45) is 11.7 Å². The first-order valence-electron chi connectivity index (χ1n) is 9.72. The second-order valence-corrected chi connectivity index (χ2v) is 7.99. The van der Waals surface area contributed by atoms with Crippen molar-refractivity contribution in [3.63, 3.8) is 0 Å². The highest BCUT2D eigenvalue weighted by molar-refractivity contribution is 6.31. The highest BCUT2D eigenvalue weighted by Gasteiger charge is 2.43. The quantitative estimate of drug-likeness (QED) is 0.435. The third-order valence-corrected chi connectivity index (χ3v) is 5.47. The van der Waals surface area contributed by atoms with Crippen molar-refractivity contribution in [1.29, 1.82) is 0 Å². The van der Waals surface area contributed by atoms with Crippen LogP contribution in [-0.2, 0) is 15.1 Å². The molecule has 0 amide bonds. The monoisotopic (exact) mass is 407 g/mol. The molecule has 0 heterocycles. The zero-order chi connectivity index (χ0) is 21.0. The molecule has 0 aliphatic rings. The molecule has 2 N–H and O–H groups in total. The number of carbonyl (C=O) groups excluding carboxylic acids is 1. The van der Waals surface area contributed by atoms with E-state index < -0.39 is 17.6 Å². The predicted octanol–water partition coefficient (Wildman–Crippen LogP) is 5.47. The summed E-state index contributed by atoms with van der Waals surface area (Å²) in [5, 5.41) is 0.517. The number of nitrogens with two attached hydrogens (primary N) is 1. The summed E-state index contributed by atoms with van der Waals surface area (Å²) in [6.07, 6.45) is 0. The van der Waals surface area contributed by atoms with Gasteiger partial charge in [-0.25, -0.2) is 0 Å². The number of hydrogen-bond donors (Lipinski definition) is 1. The molecular formula is C25H26ClNO2. The second-order valence-electron chi connectivity index (χ2n) is 7.58. The van der Waals surface area contributed by atoms with E-state index in [2.05, 4.69) is 0 Å². The second kappa shape index (κ2) is 8.81. The summed E-state index contributed by atoms with van der Waals surface area (Å²) in [5.41, 5.74) is 8.37. The molecule has 0 aliphatic carbocycles. The van der Waals surface area contributed by atoms with E-state index in [1.807, 2.05) is 93.6 Å². The standard InChI is InChI=1S/C25H26ClNO2/c1-17(2)23(27)24(28)29-25(19-9-5-4-6-10-19,20-15-13-18(3)14-16-20)21-11-7-8-12-22(21)26/h4-17,23H,27H2,1-3H3/t23-,25?/m1/s1. The van der Waals surface area contributed by atoms with E-state index in [-0.39, 0.29) is 5.92 Å². The smallest absolute Gasteiger partial charge is 0.324 e. The Hall–Kier alpha value is -2.62. The lowest BCUT2D eigenvalue weighted by molar-refractivity contribution is -0.156. The topological polar surface area (TPSA) is 52.3 Å². The molecule has 4 heteroatoms. The third-order valence-electron chi connectivity index (χ3n) is 5.14. The Morgan fingerprint density at radius 2 is 1.45 bits per heavy atom. The van der Waals surface area contributed by atoms with Gasteiger partial charge in [0.05, 0.1) is 0 Å². The van der Waals surface area contributed by atoms with Gasteiger partial charge in [-0.1, -0.05) is 104 Å². The van der Waals surface area contributed by atoms with Crippen LogP contribution in [0.25, 0.3) is 0 Å². The Labute approximate surface area is 177 Å². The maximum absolute atomic E-state index is 13.1. The molecule has 0 bridgehead atoms. The Balaban J connectivity index is 2.31. The van der Waals surface area contributed by atoms with E-state index in [4.69, 9.17) is 22.1 Å². The number of hydrogen-bond acceptors (Lipinski definition) is 3. The van der Waals surface area contributed by atoms with Crippen molar-refractivity contribution in [1.82, 2.24) is 0 Å². The summed E-state index contributed by atoms with van der Waals surface area (Å²) >= 11 is 6.64. The number of esters is 1. The number of ether oxygens (including phenoxy) is 1. The van der Waals surface area contributed by atoms with Crippen LogP contribution < -0.4 is 5.73 Å². The fourth-order valence-electron chi connectivity index (χ4n) is 3.35. The predicted molar refractivity (Wildman–Crippen MR) is 118 cm³/mol. The summed E-state index contributed by atoms with van der Waals surface area (Å²) in [6.45, 7) is 5.82. The maximum Gasteiger partial charge on any atom is 0.324 e. The first-order valence-corrected chi connectivity index (χ1v) is 10.1. The molecule has 3 aromatic rings. The summed E-state index contributed by atoms with van der Waals surface area (Å²) < 4.78 is 6.29. The van der Waals surface area contributed by atoms with Crippen molar-refractivity contribution >= 4 is 17.6 Å². The molecule has 0 fully saturated rings. The Kier molecular flexibility index (Phi) is 6.41. The van der Waals surface area contributed by atoms with Crippen LogP contribution in [0.1, 0.15) is 36.1 Å². The van der Waals surface area contributed by atoms with E-state index in [0.717, 1.165) is 16.7 Å². The molecule has 3 rings (SSSR count). The lowest BCUT2D eigenvalue weighted by Gasteiger charge is -2.37. The zero-order valence-electron chi connectivity index (χ0n) is 16.9. The van der Waals surface area contributed by atoms with Gasteiger partial charge in [0.15, 0.2) is 5.60 Å². The number of carbonyl (C=O) groups is 1. The largest absolute Gasteiger partial charge is 0.443 e. The van der Waals surface area contributed by atoms with Gasteiger partial charge in [0.25, 0.3) is 0 Å². The minimum absolute atomic E-state index is 0.0553. The van der Waals surface area contributed by atoms with Gasteiger partial charge in [-0.3, -0.25) is 4.79 Å². The van der Waals surface area contributed by atoms with Crippen LogP contribution in [0.4, 0.5) is 0 Å². The molecule has 0 aliphatic heterocycles. The van der Waals surface area contributed by atoms with E-state index in [0.29, 0.717) is 10.6 Å². The summed E-state index contributed by atoms with van der Waals surface area (Å²) in [6, 6.07) is 24.3. The highest BCUT2D eigenvalue weighted by atomic mass is 35.5. The van der Waals surface area contributed by atoms with E-state index in [1.165, 1.54) is 0 Å². The molecule has 2 atom stereocenters. The molecule has 29 heavy (non-hydrogen) atoms. The van der Waals surface area contributed by atoms with Gasteiger partial charge < -0.3 is 10.5 Å². The molecule has 0 aromatic heterocycles. The summed E-state index contributed by atoms with van der Waals surface area (Å²) in [4.78, 5) is 13.1. The van der Waals surface area contributed by atoms with Crippen LogP contribution in [-0.4, -0.2) is 12.0 Å². The molecule has 0 radical (unpaired) electrons. The Bertz CT molecular complexity index is 970. The first kappa shape index (κ1) is 21.1. The number of aryl methyl sites for hydroxylation is 1. The zero-order valence-corrected chi connectivity index (χ0v) is 17.7. The average Bonchev–Trinajstić information content (AvgIpc) is 2.73. The minimum Gasteiger partial charge on any atom is -0.443 e. The Morgan fingerprint density at radius 1 is 0.897 bits per heavy atom. The summed E-state index contributed by atoms with van der Waals surface area (Å²) in [7, 11) is 0. The van der Waals surface area contributed by atoms with Crippen LogP contribution in [0.5, 0.6) is 0 Å². The number of halogens is 1. The van der Waals surface area contributed by atoms with Gasteiger partial charge >= 0.3 is 5.97 Å². The molecule has 3 nitrogen and oxygen atoms in total. The van der Waals surface area contributed by atoms with Crippen molar-refractivity contribution in [3.8, 4) is 0 Å². The van der Waals surface area contributed by atoms with Gasteiger partial charge in [0, 0.05) is 21.7 Å². The Morgan fingerprint density at radius 3 is 2.03 bits per heavy atom. The normalized spacial score (nSPS) is 14.3. The van der Waals surface area contributed by atoms with E-state index in [9.17, 15) is 4.79 Å². The van der Waals surface area contributed by atoms with Gasteiger partial charge in [-0.2, -0.15) is 0 Å². The first-order chi connectivity index (χ1) is 13.9. The molecule has 0 saturated heterocycles. The van der Waals surface area contributed by atoms with Gasteiger partial charge in [-0.15, -0.1) is 0 Å². The molecule has 0 saturated carbocycles. The molecule has 1 unspecified atom stereocenters. The molecule has 3 aromatic carbocycles. The number of rotatable bonds is 6. The fourth-order valence-corrected chi connectivity index (χ4v) is 3.62. The third kappa shape index (κ3) is 4.21. The SMILES string of the molecule is Cc1ccc(C(OC(=O)[C@H](N)C(C)C)(c2ccccc2)c2ccccc2Cl)cc1. The van der Waals surface area contributed by atoms with Gasteiger partial charge in [-0.05, 0) is 18.9 Å². The average molecular weight is 408 g/mol. The van der Waals surface area contributed by atoms with Gasteiger partial charge in [0.1, 0.15) is 6.04 Å². The van der Waals surface area contributed by atoms with Crippen LogP contribution in [0.2, 0.25) is 5.02 Å². The molecule has 150 valence electrons. The molecule has 0 spiro atoms. The van der Waals surface area contributed by atoms with Gasteiger partial charge in [0.2, 0.25) is 0 Å². The maximum atomic E-state index is 13.1. The lowest BCUT2D eigenvalue weighted by atomic mass is 9.79. The van der Waals surface area contributed by atoms with Crippen LogP contribution >= 0.6 is 11.6 Å². The van der Waals surface area contributed by atoms with E-state index >= 15 is 0 Å².